The Kier molecular flexibility index (Phi) is 2.87. The summed E-state index contributed by atoms with van der Waals surface area (Å²) in [5, 5.41) is 0. The van der Waals surface area contributed by atoms with Crippen LogP contribution in [-0.2, 0) is 0 Å². The molecule has 0 amide bonds. The molecule has 0 bridgehead atoms. The predicted molar refractivity (Wildman–Crippen MR) is 58.7 cm³/mol. The minimum atomic E-state index is 0.665. The molecule has 1 aromatic rings. The maximum Gasteiger partial charge on any atom is 0.122 e. The maximum absolute atomic E-state index is 5.61. The summed E-state index contributed by atoms with van der Waals surface area (Å²) in [6.07, 6.45) is 5.44. The van der Waals surface area contributed by atoms with Gasteiger partial charge in [0.25, 0.3) is 0 Å². The van der Waals surface area contributed by atoms with Gasteiger partial charge >= 0.3 is 0 Å². The van der Waals surface area contributed by atoms with Crippen LogP contribution in [0, 0.1) is 0 Å². The third-order valence-electron chi connectivity index (χ3n) is 2.80. The Morgan fingerprint density at radius 2 is 2.29 bits per heavy atom. The molecule has 1 nitrogen and oxygen atoms in total. The molecule has 14 heavy (non-hydrogen) atoms. The first-order chi connectivity index (χ1) is 6.92. The van der Waals surface area contributed by atoms with Crippen molar-refractivity contribution < 1.29 is 4.74 Å². The van der Waals surface area contributed by atoms with Crippen LogP contribution in [0.2, 0.25) is 0 Å². The summed E-state index contributed by atoms with van der Waals surface area (Å²) in [7, 11) is 0. The summed E-state index contributed by atoms with van der Waals surface area (Å²) in [5.41, 5.74) is 1.38. The zero-order valence-electron chi connectivity index (χ0n) is 8.41. The van der Waals surface area contributed by atoms with Gasteiger partial charge in [0.2, 0.25) is 0 Å². The van der Waals surface area contributed by atoms with Crippen LogP contribution in [0.4, 0.5) is 0 Å². The summed E-state index contributed by atoms with van der Waals surface area (Å²) in [5.74, 6) is 1.74. The lowest BCUT2D eigenvalue weighted by Gasteiger charge is -2.25. The third-order valence-corrected chi connectivity index (χ3v) is 2.80. The van der Waals surface area contributed by atoms with Crippen molar-refractivity contribution in [2.24, 2.45) is 0 Å². The van der Waals surface area contributed by atoms with E-state index in [0.717, 1.165) is 25.2 Å². The molecule has 0 spiro atoms. The topological polar surface area (TPSA) is 9.23 Å². The van der Waals surface area contributed by atoms with Gasteiger partial charge in [-0.2, -0.15) is 0 Å². The van der Waals surface area contributed by atoms with Crippen molar-refractivity contribution in [3.63, 3.8) is 0 Å². The van der Waals surface area contributed by atoms with Crippen LogP contribution in [0.25, 0.3) is 0 Å². The lowest BCUT2D eigenvalue weighted by molar-refractivity contribution is 0.263. The number of benzene rings is 1. The monoisotopic (exact) mass is 188 g/mol. The van der Waals surface area contributed by atoms with E-state index in [-0.39, 0.29) is 0 Å². The standard InChI is InChI=1S/C13H16O/c1-2-3-6-11-9-10-14-13-8-5-4-7-12(11)13/h2,4-5,7-8,11H,1,3,6,9-10H2. The van der Waals surface area contributed by atoms with Gasteiger partial charge < -0.3 is 4.74 Å². The Bertz CT molecular complexity index is 317. The minimum Gasteiger partial charge on any atom is -0.493 e. The second kappa shape index (κ2) is 4.32. The first kappa shape index (κ1) is 9.32. The lowest BCUT2D eigenvalue weighted by atomic mass is 9.89. The van der Waals surface area contributed by atoms with E-state index in [0.29, 0.717) is 5.92 Å². The predicted octanol–water partition coefficient (Wildman–Crippen LogP) is 3.52. The zero-order valence-corrected chi connectivity index (χ0v) is 8.41. The number of hydrogen-bond acceptors (Lipinski definition) is 1. The molecule has 1 atom stereocenters. The van der Waals surface area contributed by atoms with Gasteiger partial charge in [-0.25, -0.2) is 0 Å². The van der Waals surface area contributed by atoms with E-state index >= 15 is 0 Å². The van der Waals surface area contributed by atoms with Crippen LogP contribution < -0.4 is 4.74 Å². The number of hydrogen-bond donors (Lipinski definition) is 0. The molecule has 2 rings (SSSR count). The summed E-state index contributed by atoms with van der Waals surface area (Å²) in [4.78, 5) is 0. The second-order valence-electron chi connectivity index (χ2n) is 3.74. The van der Waals surface area contributed by atoms with E-state index in [1.165, 1.54) is 12.0 Å². The lowest BCUT2D eigenvalue weighted by Crippen LogP contribution is -2.13. The fourth-order valence-electron chi connectivity index (χ4n) is 2.03. The normalized spacial score (nSPS) is 19.6. The first-order valence-corrected chi connectivity index (χ1v) is 5.24. The molecular weight excluding hydrogens is 172 g/mol. The molecule has 1 aliphatic heterocycles. The fraction of sp³-hybridized carbons (Fsp3) is 0.385. The molecule has 74 valence electrons. The van der Waals surface area contributed by atoms with E-state index in [1.807, 2.05) is 12.1 Å². The van der Waals surface area contributed by atoms with E-state index < -0.39 is 0 Å². The molecule has 0 aromatic heterocycles. The largest absolute Gasteiger partial charge is 0.493 e. The van der Waals surface area contributed by atoms with Crippen LogP contribution in [0.15, 0.2) is 36.9 Å². The highest BCUT2D eigenvalue weighted by atomic mass is 16.5. The Balaban J connectivity index is 2.17. The van der Waals surface area contributed by atoms with Crippen LogP contribution in [-0.4, -0.2) is 6.61 Å². The summed E-state index contributed by atoms with van der Waals surface area (Å²) in [6.45, 7) is 4.63. The molecule has 1 heterocycles. The van der Waals surface area contributed by atoms with Gasteiger partial charge in [-0.05, 0) is 36.8 Å². The highest BCUT2D eigenvalue weighted by molar-refractivity contribution is 5.37. The van der Waals surface area contributed by atoms with Crippen LogP contribution >= 0.6 is 0 Å². The fourth-order valence-corrected chi connectivity index (χ4v) is 2.03. The van der Waals surface area contributed by atoms with Crippen molar-refractivity contribution in [1.82, 2.24) is 0 Å². The van der Waals surface area contributed by atoms with E-state index in [1.54, 1.807) is 0 Å². The third kappa shape index (κ3) is 1.82. The van der Waals surface area contributed by atoms with Crippen LogP contribution in [0.1, 0.15) is 30.7 Å². The summed E-state index contributed by atoms with van der Waals surface area (Å²) >= 11 is 0. The molecule has 1 heteroatoms. The van der Waals surface area contributed by atoms with Crippen molar-refractivity contribution in [2.75, 3.05) is 6.61 Å². The molecule has 1 aromatic carbocycles. The van der Waals surface area contributed by atoms with Gasteiger partial charge in [0, 0.05) is 0 Å². The maximum atomic E-state index is 5.61. The Labute approximate surface area is 85.4 Å². The average Bonchev–Trinajstić information content (AvgIpc) is 2.26. The Morgan fingerprint density at radius 1 is 1.43 bits per heavy atom. The van der Waals surface area contributed by atoms with Gasteiger partial charge in [0.05, 0.1) is 6.61 Å². The van der Waals surface area contributed by atoms with Crippen molar-refractivity contribution in [1.29, 1.82) is 0 Å². The number of ether oxygens (including phenoxy) is 1. The van der Waals surface area contributed by atoms with Crippen molar-refractivity contribution >= 4 is 0 Å². The van der Waals surface area contributed by atoms with Crippen LogP contribution in [0.3, 0.4) is 0 Å². The van der Waals surface area contributed by atoms with Gasteiger partial charge in [-0.1, -0.05) is 24.3 Å². The first-order valence-electron chi connectivity index (χ1n) is 5.24. The smallest absolute Gasteiger partial charge is 0.122 e. The van der Waals surface area contributed by atoms with Gasteiger partial charge in [-0.15, -0.1) is 6.58 Å². The summed E-state index contributed by atoms with van der Waals surface area (Å²) in [6, 6.07) is 8.38. The highest BCUT2D eigenvalue weighted by Gasteiger charge is 2.19. The SMILES string of the molecule is C=CCCC1CCOc2ccccc21. The molecule has 0 aliphatic carbocycles. The van der Waals surface area contributed by atoms with E-state index in [2.05, 4.69) is 24.8 Å². The molecular formula is C13H16O. The Morgan fingerprint density at radius 3 is 3.14 bits per heavy atom. The number of allylic oxidation sites excluding steroid dienone is 1. The molecule has 0 radical (unpaired) electrons. The van der Waals surface area contributed by atoms with Crippen molar-refractivity contribution in [2.45, 2.75) is 25.2 Å². The summed E-state index contributed by atoms with van der Waals surface area (Å²) < 4.78 is 5.61. The van der Waals surface area contributed by atoms with Gasteiger partial charge in [-0.3, -0.25) is 0 Å². The quantitative estimate of drug-likeness (QED) is 0.659. The van der Waals surface area contributed by atoms with E-state index in [9.17, 15) is 0 Å². The molecule has 0 fully saturated rings. The highest BCUT2D eigenvalue weighted by Crippen LogP contribution is 2.35. The number of para-hydroxylation sites is 1. The number of rotatable bonds is 3. The number of fused-ring (bicyclic) bond motifs is 1. The van der Waals surface area contributed by atoms with Crippen LogP contribution in [0.5, 0.6) is 5.75 Å². The molecule has 1 aliphatic rings. The van der Waals surface area contributed by atoms with E-state index in [4.69, 9.17) is 4.74 Å². The van der Waals surface area contributed by atoms with Gasteiger partial charge in [0.1, 0.15) is 5.75 Å². The average molecular weight is 188 g/mol. The molecule has 1 unspecified atom stereocenters. The molecule has 0 saturated heterocycles. The Hall–Kier alpha value is -1.24. The van der Waals surface area contributed by atoms with Crippen molar-refractivity contribution in [3.8, 4) is 5.75 Å². The zero-order chi connectivity index (χ0) is 9.80. The van der Waals surface area contributed by atoms with Crippen molar-refractivity contribution in [3.05, 3.63) is 42.5 Å². The molecule has 0 N–H and O–H groups in total. The second-order valence-corrected chi connectivity index (χ2v) is 3.74. The van der Waals surface area contributed by atoms with Gasteiger partial charge in [0.15, 0.2) is 0 Å². The molecule has 0 saturated carbocycles. The minimum absolute atomic E-state index is 0.665.